The van der Waals surface area contributed by atoms with E-state index in [0.29, 0.717) is 12.8 Å². The maximum Gasteiger partial charge on any atom is 0.139 e. The summed E-state index contributed by atoms with van der Waals surface area (Å²) in [5, 5.41) is 4.61. The molecule has 0 saturated carbocycles. The van der Waals surface area contributed by atoms with E-state index in [1.54, 1.807) is 7.11 Å². The predicted molar refractivity (Wildman–Crippen MR) is 88.9 cm³/mol. The molecule has 1 aromatic carbocycles. The molecule has 0 fully saturated rings. The van der Waals surface area contributed by atoms with Crippen LogP contribution in [0.4, 0.5) is 0 Å². The van der Waals surface area contributed by atoms with Gasteiger partial charge < -0.3 is 9.64 Å². The molecule has 0 amide bonds. The van der Waals surface area contributed by atoms with Gasteiger partial charge in [0.2, 0.25) is 0 Å². The van der Waals surface area contributed by atoms with Crippen molar-refractivity contribution in [1.82, 2.24) is 14.7 Å². The minimum Gasteiger partial charge on any atom is -0.362 e. The number of hydrogen-bond acceptors (Lipinski definition) is 3. The Morgan fingerprint density at radius 3 is 2.77 bits per heavy atom. The molecule has 0 aliphatic heterocycles. The Balaban J connectivity index is 2.06. The van der Waals surface area contributed by atoms with E-state index in [4.69, 9.17) is 4.74 Å². The molecule has 0 radical (unpaired) electrons. The zero-order chi connectivity index (χ0) is 15.9. The second-order valence-corrected chi connectivity index (χ2v) is 6.39. The van der Waals surface area contributed by atoms with Gasteiger partial charge in [-0.2, -0.15) is 5.10 Å². The molecule has 3 rings (SSSR count). The van der Waals surface area contributed by atoms with Crippen molar-refractivity contribution in [3.05, 3.63) is 40.7 Å². The van der Waals surface area contributed by atoms with E-state index in [9.17, 15) is 0 Å². The molecule has 0 spiro atoms. The van der Waals surface area contributed by atoms with Crippen LogP contribution in [0.2, 0.25) is 0 Å². The number of methoxy groups -OCH3 is 1. The molecule has 0 bridgehead atoms. The molecule has 0 saturated heterocycles. The second kappa shape index (κ2) is 5.86. The number of rotatable bonds is 4. The van der Waals surface area contributed by atoms with Gasteiger partial charge in [-0.25, -0.2) is 4.68 Å². The Bertz CT molecular complexity index is 688. The number of aromatic nitrogens is 2. The first-order chi connectivity index (χ1) is 10.5. The summed E-state index contributed by atoms with van der Waals surface area (Å²) >= 11 is 0. The molecule has 1 aromatic heterocycles. The first-order valence-electron chi connectivity index (χ1n) is 7.85. The molecule has 1 heterocycles. The van der Waals surface area contributed by atoms with E-state index in [0.717, 1.165) is 5.69 Å². The first-order valence-corrected chi connectivity index (χ1v) is 7.85. The normalized spacial score (nSPS) is 17.3. The van der Waals surface area contributed by atoms with E-state index in [-0.39, 0.29) is 0 Å². The van der Waals surface area contributed by atoms with Crippen molar-refractivity contribution in [2.24, 2.45) is 0 Å². The molecule has 118 valence electrons. The van der Waals surface area contributed by atoms with Gasteiger partial charge in [0.1, 0.15) is 6.73 Å². The van der Waals surface area contributed by atoms with Crippen molar-refractivity contribution in [3.8, 4) is 11.1 Å². The van der Waals surface area contributed by atoms with E-state index in [2.05, 4.69) is 56.1 Å². The summed E-state index contributed by atoms with van der Waals surface area (Å²) in [4.78, 5) is 2.32. The highest BCUT2D eigenvalue weighted by Gasteiger charge is 2.25. The summed E-state index contributed by atoms with van der Waals surface area (Å²) in [5.74, 6) is 0. The zero-order valence-electron chi connectivity index (χ0n) is 14.2. The molecule has 22 heavy (non-hydrogen) atoms. The molecule has 1 unspecified atom stereocenters. The Labute approximate surface area is 132 Å². The van der Waals surface area contributed by atoms with Crippen LogP contribution in [-0.2, 0) is 17.9 Å². The largest absolute Gasteiger partial charge is 0.362 e. The third kappa shape index (κ3) is 2.46. The standard InChI is InChI=1S/C18H25N3O/c1-12-18(13(2)21(19-12)11-22-5)15-7-6-14-8-9-17(20(3)4)16(14)10-15/h6-7,10,17H,8-9,11H2,1-5H3. The van der Waals surface area contributed by atoms with E-state index >= 15 is 0 Å². The number of fused-ring (bicyclic) bond motifs is 1. The minimum atomic E-state index is 0.498. The van der Waals surface area contributed by atoms with Gasteiger partial charge in [0.05, 0.1) is 5.69 Å². The lowest BCUT2D eigenvalue weighted by atomic mass is 9.98. The summed E-state index contributed by atoms with van der Waals surface area (Å²) in [6, 6.07) is 7.43. The van der Waals surface area contributed by atoms with Crippen LogP contribution in [0, 0.1) is 13.8 Å². The van der Waals surface area contributed by atoms with Crippen LogP contribution in [-0.4, -0.2) is 35.9 Å². The number of ether oxygens (including phenoxy) is 1. The zero-order valence-corrected chi connectivity index (χ0v) is 14.2. The van der Waals surface area contributed by atoms with Crippen molar-refractivity contribution in [2.45, 2.75) is 39.5 Å². The van der Waals surface area contributed by atoms with Crippen molar-refractivity contribution in [2.75, 3.05) is 21.2 Å². The summed E-state index contributed by atoms with van der Waals surface area (Å²) in [6.45, 7) is 4.69. The van der Waals surface area contributed by atoms with Crippen LogP contribution in [0.1, 0.15) is 35.0 Å². The van der Waals surface area contributed by atoms with Crippen LogP contribution in [0.3, 0.4) is 0 Å². The van der Waals surface area contributed by atoms with Crippen LogP contribution >= 0.6 is 0 Å². The third-order valence-corrected chi connectivity index (χ3v) is 4.74. The number of hydrogen-bond donors (Lipinski definition) is 0. The predicted octanol–water partition coefficient (Wildman–Crippen LogP) is 3.32. The topological polar surface area (TPSA) is 30.3 Å². The molecule has 2 aromatic rings. The molecule has 1 aliphatic carbocycles. The van der Waals surface area contributed by atoms with Gasteiger partial charge >= 0.3 is 0 Å². The van der Waals surface area contributed by atoms with Gasteiger partial charge in [-0.05, 0) is 63.5 Å². The number of benzene rings is 1. The lowest BCUT2D eigenvalue weighted by Crippen LogP contribution is -2.17. The molecular formula is C18H25N3O. The minimum absolute atomic E-state index is 0.498. The number of nitrogens with zero attached hydrogens (tertiary/aromatic N) is 3. The Morgan fingerprint density at radius 1 is 1.32 bits per heavy atom. The van der Waals surface area contributed by atoms with E-state index < -0.39 is 0 Å². The third-order valence-electron chi connectivity index (χ3n) is 4.74. The maximum absolute atomic E-state index is 5.23. The second-order valence-electron chi connectivity index (χ2n) is 6.39. The Hall–Kier alpha value is -1.65. The molecule has 0 N–H and O–H groups in total. The lowest BCUT2D eigenvalue weighted by molar-refractivity contribution is 0.118. The van der Waals surface area contributed by atoms with Crippen LogP contribution in [0.5, 0.6) is 0 Å². The average Bonchev–Trinajstić information content (AvgIpc) is 3.01. The Kier molecular flexibility index (Phi) is 4.06. The summed E-state index contributed by atoms with van der Waals surface area (Å²) < 4.78 is 7.16. The highest BCUT2D eigenvalue weighted by Crippen LogP contribution is 2.38. The highest BCUT2D eigenvalue weighted by atomic mass is 16.5. The average molecular weight is 299 g/mol. The highest BCUT2D eigenvalue weighted by molar-refractivity contribution is 5.70. The maximum atomic E-state index is 5.23. The van der Waals surface area contributed by atoms with E-state index in [1.165, 1.54) is 40.8 Å². The van der Waals surface area contributed by atoms with Crippen molar-refractivity contribution >= 4 is 0 Å². The van der Waals surface area contributed by atoms with Gasteiger partial charge in [0.15, 0.2) is 0 Å². The molecule has 4 nitrogen and oxygen atoms in total. The molecular weight excluding hydrogens is 274 g/mol. The van der Waals surface area contributed by atoms with Gasteiger partial charge in [0.25, 0.3) is 0 Å². The monoisotopic (exact) mass is 299 g/mol. The molecule has 1 aliphatic rings. The summed E-state index contributed by atoms with van der Waals surface area (Å²) in [5.41, 5.74) is 7.70. The van der Waals surface area contributed by atoms with Crippen molar-refractivity contribution in [1.29, 1.82) is 0 Å². The van der Waals surface area contributed by atoms with Crippen molar-refractivity contribution < 1.29 is 4.74 Å². The van der Waals surface area contributed by atoms with Gasteiger partial charge in [-0.1, -0.05) is 12.1 Å². The molecule has 1 atom stereocenters. The van der Waals surface area contributed by atoms with E-state index in [1.807, 2.05) is 4.68 Å². The van der Waals surface area contributed by atoms with Gasteiger partial charge in [-0.3, -0.25) is 0 Å². The lowest BCUT2D eigenvalue weighted by Gasteiger charge is -2.20. The first kappa shape index (κ1) is 15.3. The molecule has 4 heteroatoms. The van der Waals surface area contributed by atoms with Crippen LogP contribution in [0.25, 0.3) is 11.1 Å². The van der Waals surface area contributed by atoms with Crippen LogP contribution < -0.4 is 0 Å². The fraction of sp³-hybridized carbons (Fsp3) is 0.500. The fourth-order valence-electron chi connectivity index (χ4n) is 3.64. The number of aryl methyl sites for hydroxylation is 2. The van der Waals surface area contributed by atoms with Gasteiger partial charge in [0, 0.05) is 24.4 Å². The summed E-state index contributed by atoms with van der Waals surface area (Å²) in [6.07, 6.45) is 2.39. The smallest absolute Gasteiger partial charge is 0.139 e. The van der Waals surface area contributed by atoms with Crippen LogP contribution in [0.15, 0.2) is 18.2 Å². The Morgan fingerprint density at radius 2 is 2.09 bits per heavy atom. The quantitative estimate of drug-likeness (QED) is 0.867. The summed E-state index contributed by atoms with van der Waals surface area (Å²) in [7, 11) is 6.03. The fourth-order valence-corrected chi connectivity index (χ4v) is 3.64. The van der Waals surface area contributed by atoms with Gasteiger partial charge in [-0.15, -0.1) is 0 Å². The van der Waals surface area contributed by atoms with Crippen molar-refractivity contribution in [3.63, 3.8) is 0 Å². The SMILES string of the molecule is COCn1nc(C)c(-c2ccc3c(c2)C(N(C)C)CC3)c1C.